The SMILES string of the molecule is Nc1ccccc1.O=[SH](=O)c1ccccc1. The van der Waals surface area contributed by atoms with Gasteiger partial charge < -0.3 is 5.73 Å². The van der Waals surface area contributed by atoms with Crippen molar-refractivity contribution < 1.29 is 8.42 Å². The molecule has 0 aliphatic heterocycles. The molecule has 0 aliphatic carbocycles. The third kappa shape index (κ3) is 4.61. The molecule has 16 heavy (non-hydrogen) atoms. The third-order valence-electron chi connectivity index (χ3n) is 1.77. The number of hydrogen-bond acceptors (Lipinski definition) is 3. The predicted octanol–water partition coefficient (Wildman–Crippen LogP) is 1.93. The van der Waals surface area contributed by atoms with Crippen LogP contribution < -0.4 is 5.73 Å². The van der Waals surface area contributed by atoms with E-state index in [1.54, 1.807) is 30.3 Å². The zero-order chi connectivity index (χ0) is 11.8. The Morgan fingerprint density at radius 3 is 1.44 bits per heavy atom. The fraction of sp³-hybridized carbons (Fsp3) is 0. The fourth-order valence-electron chi connectivity index (χ4n) is 1.00. The summed E-state index contributed by atoms with van der Waals surface area (Å²) < 4.78 is 20.5. The van der Waals surface area contributed by atoms with Gasteiger partial charge in [-0.05, 0) is 24.3 Å². The highest BCUT2D eigenvalue weighted by Crippen LogP contribution is 1.97. The van der Waals surface area contributed by atoms with Crippen molar-refractivity contribution in [2.24, 2.45) is 0 Å². The van der Waals surface area contributed by atoms with Gasteiger partial charge in [0.15, 0.2) is 10.7 Å². The smallest absolute Gasteiger partial charge is 0.168 e. The first-order valence-corrected chi connectivity index (χ1v) is 5.88. The van der Waals surface area contributed by atoms with E-state index in [4.69, 9.17) is 5.73 Å². The Morgan fingerprint density at radius 1 is 0.750 bits per heavy atom. The molecule has 0 unspecified atom stereocenters. The van der Waals surface area contributed by atoms with Crippen molar-refractivity contribution >= 4 is 16.4 Å². The molecule has 0 fully saturated rings. The van der Waals surface area contributed by atoms with E-state index in [-0.39, 0.29) is 0 Å². The van der Waals surface area contributed by atoms with Gasteiger partial charge in [-0.15, -0.1) is 0 Å². The lowest BCUT2D eigenvalue weighted by Crippen LogP contribution is -1.79. The molecule has 84 valence electrons. The number of benzene rings is 2. The molecule has 2 aromatic rings. The molecule has 0 bridgehead atoms. The van der Waals surface area contributed by atoms with Crippen molar-refractivity contribution in [2.45, 2.75) is 4.90 Å². The van der Waals surface area contributed by atoms with Crippen molar-refractivity contribution in [3.8, 4) is 0 Å². The zero-order valence-electron chi connectivity index (χ0n) is 8.61. The Morgan fingerprint density at radius 2 is 1.19 bits per heavy atom. The van der Waals surface area contributed by atoms with E-state index in [1.165, 1.54) is 0 Å². The fourth-order valence-corrected chi connectivity index (χ4v) is 1.42. The molecule has 2 rings (SSSR count). The second kappa shape index (κ2) is 6.63. The molecule has 0 aromatic heterocycles. The van der Waals surface area contributed by atoms with Gasteiger partial charge in [-0.1, -0.05) is 36.4 Å². The van der Waals surface area contributed by atoms with Crippen molar-refractivity contribution in [3.63, 3.8) is 0 Å². The Kier molecular flexibility index (Phi) is 5.08. The minimum absolute atomic E-state index is 0.368. The molecule has 0 radical (unpaired) electrons. The van der Waals surface area contributed by atoms with Crippen LogP contribution in [0.2, 0.25) is 0 Å². The standard InChI is InChI=1S/C6H7N.C6H6O2S/c7-6-4-2-1-3-5-6;7-9(8)6-4-2-1-3-5-6/h1-5H,7H2;1-5,9H. The van der Waals surface area contributed by atoms with Crippen LogP contribution in [0.15, 0.2) is 65.6 Å². The van der Waals surface area contributed by atoms with Gasteiger partial charge in [0.2, 0.25) is 0 Å². The van der Waals surface area contributed by atoms with Gasteiger partial charge in [-0.2, -0.15) is 0 Å². The molecule has 0 atom stereocenters. The van der Waals surface area contributed by atoms with Crippen LogP contribution in [0.1, 0.15) is 0 Å². The lowest BCUT2D eigenvalue weighted by Gasteiger charge is -1.83. The molecule has 0 aliphatic rings. The molecule has 0 amide bonds. The summed E-state index contributed by atoms with van der Waals surface area (Å²) in [6.07, 6.45) is 0. The van der Waals surface area contributed by atoms with E-state index < -0.39 is 10.7 Å². The van der Waals surface area contributed by atoms with Crippen LogP contribution in [0.4, 0.5) is 5.69 Å². The van der Waals surface area contributed by atoms with E-state index in [1.807, 2.05) is 30.3 Å². The summed E-state index contributed by atoms with van der Waals surface area (Å²) in [5.41, 5.74) is 6.18. The lowest BCUT2D eigenvalue weighted by atomic mass is 10.3. The molecule has 2 aromatic carbocycles. The van der Waals surface area contributed by atoms with Crippen LogP contribution in [-0.4, -0.2) is 8.42 Å². The highest BCUT2D eigenvalue weighted by molar-refractivity contribution is 7.72. The van der Waals surface area contributed by atoms with Crippen LogP contribution in [0.3, 0.4) is 0 Å². The number of nitrogen functional groups attached to an aromatic ring is 1. The molecular formula is C12H13NO2S. The van der Waals surface area contributed by atoms with E-state index in [0.717, 1.165) is 5.69 Å². The first kappa shape index (κ1) is 12.3. The largest absolute Gasteiger partial charge is 0.399 e. The van der Waals surface area contributed by atoms with Crippen LogP contribution in [-0.2, 0) is 10.7 Å². The summed E-state index contributed by atoms with van der Waals surface area (Å²) in [6.45, 7) is 0. The molecule has 0 heterocycles. The average Bonchev–Trinajstić information content (AvgIpc) is 2.32. The van der Waals surface area contributed by atoms with Gasteiger partial charge in [0.25, 0.3) is 0 Å². The van der Waals surface area contributed by atoms with E-state index >= 15 is 0 Å². The Hall–Kier alpha value is -1.81. The number of anilines is 1. The molecular weight excluding hydrogens is 222 g/mol. The van der Waals surface area contributed by atoms with Crippen molar-refractivity contribution in [1.29, 1.82) is 0 Å². The van der Waals surface area contributed by atoms with E-state index in [2.05, 4.69) is 0 Å². The summed E-state index contributed by atoms with van der Waals surface area (Å²) >= 11 is 0. The van der Waals surface area contributed by atoms with Crippen molar-refractivity contribution in [3.05, 3.63) is 60.7 Å². The first-order valence-electron chi connectivity index (χ1n) is 4.70. The van der Waals surface area contributed by atoms with Gasteiger partial charge >= 0.3 is 0 Å². The topological polar surface area (TPSA) is 60.2 Å². The molecule has 2 N–H and O–H groups in total. The highest BCUT2D eigenvalue weighted by Gasteiger charge is 1.87. The summed E-state index contributed by atoms with van der Waals surface area (Å²) in [5.74, 6) is 0. The van der Waals surface area contributed by atoms with E-state index in [9.17, 15) is 8.42 Å². The van der Waals surface area contributed by atoms with Crippen molar-refractivity contribution in [1.82, 2.24) is 0 Å². The first-order chi connectivity index (χ1) is 7.70. The molecule has 3 nitrogen and oxygen atoms in total. The predicted molar refractivity (Wildman–Crippen MR) is 65.9 cm³/mol. The zero-order valence-corrected chi connectivity index (χ0v) is 9.51. The maximum atomic E-state index is 10.2. The van der Waals surface area contributed by atoms with Crippen LogP contribution in [0, 0.1) is 0 Å². The normalized spacial score (nSPS) is 9.31. The lowest BCUT2D eigenvalue weighted by molar-refractivity contribution is 0.614. The third-order valence-corrected chi connectivity index (χ3v) is 2.49. The number of hydrogen-bond donors (Lipinski definition) is 2. The molecule has 0 saturated carbocycles. The maximum Gasteiger partial charge on any atom is 0.168 e. The van der Waals surface area contributed by atoms with Crippen LogP contribution in [0.5, 0.6) is 0 Å². The number of para-hydroxylation sites is 1. The van der Waals surface area contributed by atoms with Crippen molar-refractivity contribution in [2.75, 3.05) is 5.73 Å². The summed E-state index contributed by atoms with van der Waals surface area (Å²) in [4.78, 5) is 0.368. The quantitative estimate of drug-likeness (QED) is 0.586. The minimum atomic E-state index is -2.40. The Balaban J connectivity index is 0.000000165. The van der Waals surface area contributed by atoms with Gasteiger partial charge in [0.1, 0.15) is 0 Å². The number of nitrogens with two attached hydrogens (primary N) is 1. The second-order valence-corrected chi connectivity index (χ2v) is 4.03. The number of rotatable bonds is 1. The Bertz CT molecular complexity index is 473. The van der Waals surface area contributed by atoms with Gasteiger partial charge in [0.05, 0.1) is 4.90 Å². The van der Waals surface area contributed by atoms with Gasteiger partial charge in [-0.3, -0.25) is 0 Å². The minimum Gasteiger partial charge on any atom is -0.399 e. The second-order valence-electron chi connectivity index (χ2n) is 3.00. The summed E-state index contributed by atoms with van der Waals surface area (Å²) in [6, 6.07) is 17.8. The van der Waals surface area contributed by atoms with E-state index in [0.29, 0.717) is 4.90 Å². The summed E-state index contributed by atoms with van der Waals surface area (Å²) in [5, 5.41) is 0. The van der Waals surface area contributed by atoms with Crippen LogP contribution >= 0.6 is 0 Å². The molecule has 0 saturated heterocycles. The maximum absolute atomic E-state index is 10.2. The van der Waals surface area contributed by atoms with Gasteiger partial charge in [-0.25, -0.2) is 8.42 Å². The van der Waals surface area contributed by atoms with Crippen LogP contribution in [0.25, 0.3) is 0 Å². The monoisotopic (exact) mass is 235 g/mol. The summed E-state index contributed by atoms with van der Waals surface area (Å²) in [7, 11) is -2.40. The molecule has 0 spiro atoms. The molecule has 4 heteroatoms. The number of thiol groups is 1. The van der Waals surface area contributed by atoms with Gasteiger partial charge in [0, 0.05) is 5.69 Å². The Labute approximate surface area is 96.5 Å². The average molecular weight is 235 g/mol. The highest BCUT2D eigenvalue weighted by atomic mass is 32.2.